The van der Waals surface area contributed by atoms with Gasteiger partial charge >= 0.3 is 8.56 Å². The first kappa shape index (κ1) is 30.2. The van der Waals surface area contributed by atoms with Gasteiger partial charge in [0.2, 0.25) is 8.32 Å². The molecule has 200 valence electrons. The molecule has 0 aromatic rings. The minimum absolute atomic E-state index is 0.156. The van der Waals surface area contributed by atoms with Crippen molar-refractivity contribution < 1.29 is 23.1 Å². The molecule has 2 fully saturated rings. The standard InChI is InChI=1S/C27H54O5Si2/c1-15-16-27(14)24(28)23(31-33(18(2)3,19(4)5)20(6)7)22-21(30-27)17-29-34(32-22,25(8,9)10)26(11,12)13/h15,18-24,28H,1,16-17H2,2-14H3/t21-,22-,23+,24-,27-/m1/s1. The predicted molar refractivity (Wildman–Crippen MR) is 146 cm³/mol. The van der Waals surface area contributed by atoms with Crippen LogP contribution in [0.5, 0.6) is 0 Å². The van der Waals surface area contributed by atoms with Crippen molar-refractivity contribution in [1.82, 2.24) is 0 Å². The molecule has 2 heterocycles. The Balaban J connectivity index is 2.66. The Kier molecular flexibility index (Phi) is 8.91. The summed E-state index contributed by atoms with van der Waals surface area (Å²) in [7, 11) is -5.07. The van der Waals surface area contributed by atoms with E-state index < -0.39 is 34.7 Å². The molecule has 0 amide bonds. The number of ether oxygens (including phenoxy) is 1. The fraction of sp³-hybridized carbons (Fsp3) is 0.926. The molecule has 5 atom stereocenters. The van der Waals surface area contributed by atoms with Gasteiger partial charge in [0.25, 0.3) is 0 Å². The topological polar surface area (TPSA) is 57.2 Å². The summed E-state index contributed by atoms with van der Waals surface area (Å²) < 4.78 is 27.8. The molecule has 34 heavy (non-hydrogen) atoms. The number of hydrogen-bond donors (Lipinski definition) is 1. The van der Waals surface area contributed by atoms with Gasteiger partial charge in [-0.3, -0.25) is 0 Å². The molecule has 0 aliphatic carbocycles. The zero-order valence-corrected chi connectivity index (χ0v) is 26.3. The molecule has 0 unspecified atom stereocenters. The highest BCUT2D eigenvalue weighted by molar-refractivity contribution is 6.77. The van der Waals surface area contributed by atoms with Crippen LogP contribution in [0.15, 0.2) is 12.7 Å². The summed E-state index contributed by atoms with van der Waals surface area (Å²) in [6.07, 6.45) is 0.421. The van der Waals surface area contributed by atoms with Crippen LogP contribution in [-0.4, -0.2) is 58.6 Å². The van der Waals surface area contributed by atoms with E-state index in [0.29, 0.717) is 29.7 Å². The highest BCUT2D eigenvalue weighted by Crippen LogP contribution is 2.56. The summed E-state index contributed by atoms with van der Waals surface area (Å²) in [5.41, 5.74) is 0.410. The maximum atomic E-state index is 11.9. The lowest BCUT2D eigenvalue weighted by Crippen LogP contribution is -2.74. The van der Waals surface area contributed by atoms with E-state index in [9.17, 15) is 5.11 Å². The Bertz CT molecular complexity index is 673. The van der Waals surface area contributed by atoms with E-state index in [2.05, 4.69) is 89.7 Å². The van der Waals surface area contributed by atoms with Gasteiger partial charge in [-0.15, -0.1) is 6.58 Å². The van der Waals surface area contributed by atoms with Crippen LogP contribution in [-0.2, 0) is 18.0 Å². The summed E-state index contributed by atoms with van der Waals surface area (Å²) >= 11 is 0. The normalized spacial score (nSPS) is 32.9. The van der Waals surface area contributed by atoms with Crippen LogP contribution in [0.4, 0.5) is 0 Å². The molecule has 0 aromatic carbocycles. The van der Waals surface area contributed by atoms with Crippen molar-refractivity contribution in [2.75, 3.05) is 6.61 Å². The van der Waals surface area contributed by atoms with Crippen LogP contribution in [0, 0.1) is 0 Å². The number of aliphatic hydroxyl groups is 1. The van der Waals surface area contributed by atoms with Gasteiger partial charge in [0, 0.05) is 10.1 Å². The molecule has 2 aliphatic heterocycles. The summed E-state index contributed by atoms with van der Waals surface area (Å²) in [6.45, 7) is 33.4. The monoisotopic (exact) mass is 514 g/mol. The van der Waals surface area contributed by atoms with Crippen LogP contribution < -0.4 is 0 Å². The van der Waals surface area contributed by atoms with Gasteiger partial charge in [0.05, 0.1) is 12.2 Å². The van der Waals surface area contributed by atoms with E-state index in [1.807, 2.05) is 13.0 Å². The molecule has 0 spiro atoms. The maximum absolute atomic E-state index is 11.9. The molecule has 0 bridgehead atoms. The van der Waals surface area contributed by atoms with Crippen molar-refractivity contribution in [3.8, 4) is 0 Å². The average Bonchev–Trinajstić information content (AvgIpc) is 2.65. The minimum Gasteiger partial charge on any atom is -0.408 e. The van der Waals surface area contributed by atoms with Crippen LogP contribution in [0.3, 0.4) is 0 Å². The van der Waals surface area contributed by atoms with Gasteiger partial charge in [-0.1, -0.05) is 89.2 Å². The SMILES string of the molecule is C=CC[C@@]1(C)O[C@@H]2CO[Si](C(C)(C)C)(C(C)(C)C)O[C@H]2[C@H](O[Si](C(C)C)(C(C)C)C(C)C)[C@H]1O. The average molecular weight is 515 g/mol. The zero-order valence-electron chi connectivity index (χ0n) is 24.3. The number of hydrogen-bond acceptors (Lipinski definition) is 5. The second-order valence-electron chi connectivity index (χ2n) is 13.8. The maximum Gasteiger partial charge on any atom is 0.349 e. The van der Waals surface area contributed by atoms with Gasteiger partial charge in [-0.05, 0) is 30.0 Å². The third-order valence-electron chi connectivity index (χ3n) is 8.37. The van der Waals surface area contributed by atoms with Crippen LogP contribution in [0.1, 0.15) is 96.4 Å². The Morgan fingerprint density at radius 2 is 1.50 bits per heavy atom. The lowest BCUT2D eigenvalue weighted by molar-refractivity contribution is -0.275. The van der Waals surface area contributed by atoms with Crippen LogP contribution in [0.25, 0.3) is 0 Å². The molecular formula is C27H54O5Si2. The molecular weight excluding hydrogens is 460 g/mol. The molecule has 2 saturated heterocycles. The molecule has 0 radical (unpaired) electrons. The van der Waals surface area contributed by atoms with Crippen LogP contribution in [0.2, 0.25) is 26.7 Å². The van der Waals surface area contributed by atoms with Gasteiger partial charge in [-0.25, -0.2) is 0 Å². The van der Waals surface area contributed by atoms with E-state index in [0.717, 1.165) is 0 Å². The van der Waals surface area contributed by atoms with Crippen molar-refractivity contribution in [2.24, 2.45) is 0 Å². The van der Waals surface area contributed by atoms with Crippen molar-refractivity contribution in [3.05, 3.63) is 12.7 Å². The largest absolute Gasteiger partial charge is 0.408 e. The highest BCUT2D eigenvalue weighted by Gasteiger charge is 2.66. The first-order chi connectivity index (χ1) is 15.3. The van der Waals surface area contributed by atoms with Gasteiger partial charge in [-0.2, -0.15) is 0 Å². The number of fused-ring (bicyclic) bond motifs is 1. The van der Waals surface area contributed by atoms with E-state index in [1.165, 1.54) is 0 Å². The van der Waals surface area contributed by atoms with E-state index in [4.69, 9.17) is 18.0 Å². The zero-order chi connectivity index (χ0) is 26.5. The molecule has 7 heteroatoms. The second-order valence-corrected chi connectivity index (χ2v) is 24.0. The number of rotatable bonds is 7. The first-order valence-corrected chi connectivity index (χ1v) is 17.2. The summed E-state index contributed by atoms with van der Waals surface area (Å²) in [5.74, 6) is 0. The fourth-order valence-electron chi connectivity index (χ4n) is 7.06. The Morgan fingerprint density at radius 3 is 1.88 bits per heavy atom. The molecule has 2 rings (SSSR count). The predicted octanol–water partition coefficient (Wildman–Crippen LogP) is 7.10. The highest BCUT2D eigenvalue weighted by atomic mass is 28.4. The van der Waals surface area contributed by atoms with E-state index in [1.54, 1.807) is 0 Å². The van der Waals surface area contributed by atoms with E-state index >= 15 is 0 Å². The third-order valence-corrected chi connectivity index (χ3v) is 19.6. The van der Waals surface area contributed by atoms with Crippen molar-refractivity contribution in [1.29, 1.82) is 0 Å². The Labute approximate surface area is 212 Å². The molecule has 5 nitrogen and oxygen atoms in total. The molecule has 2 aliphatic rings. The van der Waals surface area contributed by atoms with Gasteiger partial charge in [0.1, 0.15) is 24.4 Å². The summed E-state index contributed by atoms with van der Waals surface area (Å²) in [6, 6.07) is 0. The van der Waals surface area contributed by atoms with Crippen LogP contribution >= 0.6 is 0 Å². The van der Waals surface area contributed by atoms with Crippen molar-refractivity contribution >= 4 is 16.9 Å². The first-order valence-electron chi connectivity index (χ1n) is 13.3. The quantitative estimate of drug-likeness (QED) is 0.290. The second kappa shape index (κ2) is 10.0. The molecule has 0 saturated carbocycles. The fourth-order valence-corrected chi connectivity index (χ4v) is 17.6. The molecule has 1 N–H and O–H groups in total. The summed E-state index contributed by atoms with van der Waals surface area (Å²) in [4.78, 5) is 0. The van der Waals surface area contributed by atoms with Crippen molar-refractivity contribution in [2.45, 2.75) is 153 Å². The van der Waals surface area contributed by atoms with Gasteiger partial charge < -0.3 is 23.1 Å². The number of aliphatic hydroxyl groups excluding tert-OH is 1. The lowest BCUT2D eigenvalue weighted by atomic mass is 9.84. The smallest absolute Gasteiger partial charge is 0.349 e. The van der Waals surface area contributed by atoms with Crippen molar-refractivity contribution in [3.63, 3.8) is 0 Å². The summed E-state index contributed by atoms with van der Waals surface area (Å²) in [5, 5.41) is 11.5. The molecule has 0 aromatic heterocycles. The minimum atomic E-state index is -2.76. The van der Waals surface area contributed by atoms with E-state index in [-0.39, 0.29) is 22.3 Å². The Morgan fingerprint density at radius 1 is 1.03 bits per heavy atom. The van der Waals surface area contributed by atoms with Gasteiger partial charge in [0.15, 0.2) is 0 Å². The Hall–Kier alpha value is -0.0262. The lowest BCUT2D eigenvalue weighted by Gasteiger charge is -2.61. The third kappa shape index (κ3) is 4.92.